The number of hydrogen-bond acceptors (Lipinski definition) is 3. The number of halogens is 1. The van der Waals surface area contributed by atoms with Crippen LogP contribution in [0.25, 0.3) is 11.0 Å². The van der Waals surface area contributed by atoms with Crippen LogP contribution >= 0.6 is 0 Å². The predicted molar refractivity (Wildman–Crippen MR) is 73.9 cm³/mol. The van der Waals surface area contributed by atoms with Crippen molar-refractivity contribution in [1.82, 2.24) is 10.6 Å². The van der Waals surface area contributed by atoms with Crippen LogP contribution in [0.15, 0.2) is 28.9 Å². The highest BCUT2D eigenvalue weighted by Crippen LogP contribution is 2.22. The molecule has 2 N–H and O–H groups in total. The number of rotatable bonds is 3. The fraction of sp³-hybridized carbons (Fsp3) is 0.400. The van der Waals surface area contributed by atoms with E-state index in [2.05, 4.69) is 10.6 Å². The van der Waals surface area contributed by atoms with Gasteiger partial charge < -0.3 is 15.1 Å². The van der Waals surface area contributed by atoms with Crippen molar-refractivity contribution in [3.8, 4) is 0 Å². The first kappa shape index (κ1) is 13.1. The molecule has 1 saturated heterocycles. The molecule has 0 aliphatic carbocycles. The molecule has 106 valence electrons. The zero-order chi connectivity index (χ0) is 13.9. The fourth-order valence-electron chi connectivity index (χ4n) is 2.62. The summed E-state index contributed by atoms with van der Waals surface area (Å²) >= 11 is 0. The van der Waals surface area contributed by atoms with Crippen molar-refractivity contribution >= 4 is 16.9 Å². The quantitative estimate of drug-likeness (QED) is 0.901. The maximum Gasteiger partial charge on any atom is 0.224 e. The van der Waals surface area contributed by atoms with Crippen molar-refractivity contribution in [2.45, 2.75) is 25.3 Å². The van der Waals surface area contributed by atoms with E-state index in [0.717, 1.165) is 36.9 Å². The van der Waals surface area contributed by atoms with Crippen LogP contribution in [-0.2, 0) is 11.2 Å². The minimum absolute atomic E-state index is 0.0225. The molecule has 0 radical (unpaired) electrons. The number of carbonyl (C=O) groups is 1. The van der Waals surface area contributed by atoms with Gasteiger partial charge in [0.2, 0.25) is 5.91 Å². The SMILES string of the molecule is O=C(Cc1coc2cc(F)ccc12)N[C@H]1CCCNC1. The lowest BCUT2D eigenvalue weighted by molar-refractivity contribution is -0.121. The van der Waals surface area contributed by atoms with E-state index in [1.807, 2.05) is 0 Å². The van der Waals surface area contributed by atoms with Gasteiger partial charge in [-0.25, -0.2) is 4.39 Å². The number of hydrogen-bond donors (Lipinski definition) is 2. The standard InChI is InChI=1S/C15H17FN2O2/c16-11-3-4-13-10(9-20-14(13)7-11)6-15(19)18-12-2-1-5-17-8-12/h3-4,7,9,12,17H,1-2,5-6,8H2,(H,18,19)/t12-/m0/s1. The molecule has 1 aromatic heterocycles. The molecule has 1 aromatic carbocycles. The van der Waals surface area contributed by atoms with Crippen LogP contribution in [0.3, 0.4) is 0 Å². The molecule has 1 aliphatic heterocycles. The Labute approximate surface area is 116 Å². The molecule has 1 atom stereocenters. The van der Waals surface area contributed by atoms with E-state index >= 15 is 0 Å². The fourth-order valence-corrected chi connectivity index (χ4v) is 2.62. The molecule has 0 spiro atoms. The minimum Gasteiger partial charge on any atom is -0.464 e. The van der Waals surface area contributed by atoms with Crippen LogP contribution in [0.4, 0.5) is 4.39 Å². The summed E-state index contributed by atoms with van der Waals surface area (Å²) in [4.78, 5) is 12.0. The molecule has 1 fully saturated rings. The number of furan rings is 1. The smallest absolute Gasteiger partial charge is 0.224 e. The number of carbonyl (C=O) groups excluding carboxylic acids is 1. The van der Waals surface area contributed by atoms with Gasteiger partial charge in [0.05, 0.1) is 12.7 Å². The summed E-state index contributed by atoms with van der Waals surface area (Å²) in [6.07, 6.45) is 3.88. The first-order chi connectivity index (χ1) is 9.72. The summed E-state index contributed by atoms with van der Waals surface area (Å²) in [6.45, 7) is 1.84. The van der Waals surface area contributed by atoms with Gasteiger partial charge in [0.15, 0.2) is 0 Å². The van der Waals surface area contributed by atoms with E-state index in [0.29, 0.717) is 5.58 Å². The Morgan fingerprint density at radius 3 is 3.20 bits per heavy atom. The molecule has 5 heteroatoms. The molecule has 3 rings (SSSR count). The van der Waals surface area contributed by atoms with E-state index < -0.39 is 0 Å². The van der Waals surface area contributed by atoms with E-state index in [9.17, 15) is 9.18 Å². The third kappa shape index (κ3) is 2.82. The Bertz CT molecular complexity index is 617. The van der Waals surface area contributed by atoms with Crippen molar-refractivity contribution in [3.05, 3.63) is 35.8 Å². The second-order valence-electron chi connectivity index (χ2n) is 5.19. The van der Waals surface area contributed by atoms with Gasteiger partial charge >= 0.3 is 0 Å². The lowest BCUT2D eigenvalue weighted by atomic mass is 10.1. The molecule has 0 saturated carbocycles. The van der Waals surface area contributed by atoms with Crippen molar-refractivity contribution in [1.29, 1.82) is 0 Å². The number of fused-ring (bicyclic) bond motifs is 1. The summed E-state index contributed by atoms with van der Waals surface area (Å²) in [5.74, 6) is -0.359. The molecule has 20 heavy (non-hydrogen) atoms. The number of benzene rings is 1. The number of piperidine rings is 1. The monoisotopic (exact) mass is 276 g/mol. The molecule has 1 aliphatic rings. The highest BCUT2D eigenvalue weighted by atomic mass is 19.1. The third-order valence-corrected chi connectivity index (χ3v) is 3.63. The normalized spacial score (nSPS) is 19.1. The lowest BCUT2D eigenvalue weighted by Gasteiger charge is -2.23. The predicted octanol–water partition coefficient (Wildman–Crippen LogP) is 1.98. The van der Waals surface area contributed by atoms with Crippen molar-refractivity contribution in [2.24, 2.45) is 0 Å². The van der Waals surface area contributed by atoms with Crippen molar-refractivity contribution in [2.75, 3.05) is 13.1 Å². The average molecular weight is 276 g/mol. The summed E-state index contributed by atoms with van der Waals surface area (Å²) in [5.41, 5.74) is 1.27. The Balaban J connectivity index is 1.67. The molecule has 2 heterocycles. The van der Waals surface area contributed by atoms with Crippen molar-refractivity contribution < 1.29 is 13.6 Å². The second-order valence-corrected chi connectivity index (χ2v) is 5.19. The minimum atomic E-state index is -0.337. The molecule has 2 aromatic rings. The Morgan fingerprint density at radius 2 is 2.40 bits per heavy atom. The second kappa shape index (κ2) is 5.63. The van der Waals surface area contributed by atoms with Gasteiger partial charge in [0.25, 0.3) is 0 Å². The highest BCUT2D eigenvalue weighted by Gasteiger charge is 2.17. The van der Waals surface area contributed by atoms with Crippen LogP contribution in [0.2, 0.25) is 0 Å². The molecular formula is C15H17FN2O2. The van der Waals surface area contributed by atoms with Crippen LogP contribution in [0, 0.1) is 5.82 Å². The lowest BCUT2D eigenvalue weighted by Crippen LogP contribution is -2.46. The average Bonchev–Trinajstić information content (AvgIpc) is 2.82. The van der Waals surface area contributed by atoms with Crippen LogP contribution in [0.1, 0.15) is 18.4 Å². The van der Waals surface area contributed by atoms with Gasteiger partial charge in [-0.1, -0.05) is 0 Å². The first-order valence-electron chi connectivity index (χ1n) is 6.88. The van der Waals surface area contributed by atoms with Gasteiger partial charge in [0.1, 0.15) is 11.4 Å². The number of amides is 1. The summed E-state index contributed by atoms with van der Waals surface area (Å²) < 4.78 is 18.4. The third-order valence-electron chi connectivity index (χ3n) is 3.63. The van der Waals surface area contributed by atoms with Gasteiger partial charge in [-0.3, -0.25) is 4.79 Å². The Kier molecular flexibility index (Phi) is 3.69. The van der Waals surface area contributed by atoms with Crippen LogP contribution in [0.5, 0.6) is 0 Å². The van der Waals surface area contributed by atoms with Crippen molar-refractivity contribution in [3.63, 3.8) is 0 Å². The van der Waals surface area contributed by atoms with Crippen LogP contribution in [-0.4, -0.2) is 25.0 Å². The molecule has 1 amide bonds. The van der Waals surface area contributed by atoms with E-state index in [4.69, 9.17) is 4.42 Å². The highest BCUT2D eigenvalue weighted by molar-refractivity contribution is 5.87. The zero-order valence-electron chi connectivity index (χ0n) is 11.1. The van der Waals surface area contributed by atoms with Gasteiger partial charge in [-0.2, -0.15) is 0 Å². The Morgan fingerprint density at radius 1 is 1.50 bits per heavy atom. The van der Waals surface area contributed by atoms with Crippen LogP contribution < -0.4 is 10.6 Å². The molecule has 0 bridgehead atoms. The number of nitrogens with one attached hydrogen (secondary N) is 2. The summed E-state index contributed by atoms with van der Waals surface area (Å²) in [7, 11) is 0. The van der Waals surface area contributed by atoms with Gasteiger partial charge in [-0.15, -0.1) is 0 Å². The maximum absolute atomic E-state index is 13.1. The zero-order valence-corrected chi connectivity index (χ0v) is 11.1. The molecule has 0 unspecified atom stereocenters. The van der Waals surface area contributed by atoms with Gasteiger partial charge in [-0.05, 0) is 31.5 Å². The summed E-state index contributed by atoms with van der Waals surface area (Å²) in [5, 5.41) is 7.07. The van der Waals surface area contributed by atoms with E-state index in [-0.39, 0.29) is 24.2 Å². The molecular weight excluding hydrogens is 259 g/mol. The topological polar surface area (TPSA) is 54.3 Å². The first-order valence-corrected chi connectivity index (χ1v) is 6.88. The Hall–Kier alpha value is -1.88. The van der Waals surface area contributed by atoms with E-state index in [1.165, 1.54) is 18.4 Å². The van der Waals surface area contributed by atoms with E-state index in [1.54, 1.807) is 6.07 Å². The molecule has 4 nitrogen and oxygen atoms in total. The maximum atomic E-state index is 13.1. The largest absolute Gasteiger partial charge is 0.464 e. The van der Waals surface area contributed by atoms with Gasteiger partial charge in [0, 0.05) is 29.6 Å². The summed E-state index contributed by atoms with van der Waals surface area (Å²) in [6, 6.07) is 4.57.